The van der Waals surface area contributed by atoms with Gasteiger partial charge in [0, 0.05) is 12.3 Å². The van der Waals surface area contributed by atoms with Gasteiger partial charge in [-0.2, -0.15) is 4.39 Å². The van der Waals surface area contributed by atoms with E-state index in [2.05, 4.69) is 0 Å². The molecule has 0 saturated carbocycles. The van der Waals surface area contributed by atoms with Crippen LogP contribution in [0.15, 0.2) is 54.6 Å². The summed E-state index contributed by atoms with van der Waals surface area (Å²) in [6.45, 7) is 0. The van der Waals surface area contributed by atoms with Crippen LogP contribution >= 0.6 is 22.9 Å². The number of halogens is 2. The molecule has 1 atom stereocenters. The zero-order valence-corrected chi connectivity index (χ0v) is 12.8. The Kier molecular flexibility index (Phi) is 4.42. The summed E-state index contributed by atoms with van der Waals surface area (Å²) in [7, 11) is 0. The highest BCUT2D eigenvalue weighted by atomic mass is 35.5. The third-order valence-electron chi connectivity index (χ3n) is 3.29. The lowest BCUT2D eigenvalue weighted by atomic mass is 10.1. The van der Waals surface area contributed by atoms with Crippen molar-refractivity contribution in [3.63, 3.8) is 0 Å². The van der Waals surface area contributed by atoms with E-state index in [-0.39, 0.29) is 11.2 Å². The average Bonchev–Trinajstić information content (AvgIpc) is 2.89. The van der Waals surface area contributed by atoms with Crippen LogP contribution in [0.2, 0.25) is 0 Å². The molecule has 1 heterocycles. The van der Waals surface area contributed by atoms with E-state index in [1.807, 2.05) is 48.5 Å². The lowest BCUT2D eigenvalue weighted by Crippen LogP contribution is -2.08. The molecule has 0 aliphatic carbocycles. The first-order valence-corrected chi connectivity index (χ1v) is 8.08. The molecule has 0 aliphatic heterocycles. The van der Waals surface area contributed by atoms with Crippen molar-refractivity contribution in [2.75, 3.05) is 5.88 Å². The number of fused-ring (bicyclic) bond motifs is 1. The Hall–Kier alpha value is -1.58. The van der Waals surface area contributed by atoms with Crippen molar-refractivity contribution in [1.29, 1.82) is 0 Å². The SMILES string of the molecule is Fc1cc2cccc(O[C@@H](CCCl)c3ccccc3)c2s1. The first-order chi connectivity index (χ1) is 10.3. The minimum absolute atomic E-state index is 0.125. The zero-order chi connectivity index (χ0) is 14.7. The van der Waals surface area contributed by atoms with E-state index >= 15 is 0 Å². The van der Waals surface area contributed by atoms with Gasteiger partial charge in [0.1, 0.15) is 11.9 Å². The summed E-state index contributed by atoms with van der Waals surface area (Å²) in [6.07, 6.45) is 0.579. The Balaban J connectivity index is 1.94. The molecule has 4 heteroatoms. The van der Waals surface area contributed by atoms with Gasteiger partial charge < -0.3 is 4.74 Å². The first kappa shape index (κ1) is 14.4. The highest BCUT2D eigenvalue weighted by Crippen LogP contribution is 2.36. The molecule has 21 heavy (non-hydrogen) atoms. The average molecular weight is 321 g/mol. The number of ether oxygens (including phenoxy) is 1. The fourth-order valence-corrected chi connectivity index (χ4v) is 3.35. The van der Waals surface area contributed by atoms with Crippen molar-refractivity contribution in [3.05, 3.63) is 65.3 Å². The van der Waals surface area contributed by atoms with E-state index in [9.17, 15) is 4.39 Å². The first-order valence-electron chi connectivity index (χ1n) is 6.73. The molecule has 0 amide bonds. The quantitative estimate of drug-likeness (QED) is 0.541. The molecule has 1 nitrogen and oxygen atoms in total. The van der Waals surface area contributed by atoms with Gasteiger partial charge in [-0.3, -0.25) is 0 Å². The van der Waals surface area contributed by atoms with Gasteiger partial charge in [-0.1, -0.05) is 42.5 Å². The van der Waals surface area contributed by atoms with Crippen LogP contribution in [0.1, 0.15) is 18.1 Å². The normalized spacial score (nSPS) is 12.5. The Morgan fingerprint density at radius 2 is 1.90 bits per heavy atom. The zero-order valence-electron chi connectivity index (χ0n) is 11.3. The summed E-state index contributed by atoms with van der Waals surface area (Å²) >= 11 is 7.01. The Bertz CT molecular complexity index is 726. The standard InChI is InChI=1S/C17H14ClFOS/c18-10-9-14(12-5-2-1-3-6-12)20-15-8-4-7-13-11-16(19)21-17(13)15/h1-8,11,14H,9-10H2/t14-/m0/s1. The van der Waals surface area contributed by atoms with Crippen LogP contribution in [-0.4, -0.2) is 5.88 Å². The van der Waals surface area contributed by atoms with Gasteiger partial charge in [0.2, 0.25) is 0 Å². The molecule has 3 rings (SSSR count). The van der Waals surface area contributed by atoms with Crippen LogP contribution in [-0.2, 0) is 0 Å². The number of benzene rings is 2. The second-order valence-corrected chi connectivity index (χ2v) is 6.10. The van der Waals surface area contributed by atoms with Crippen LogP contribution in [0.4, 0.5) is 4.39 Å². The molecule has 0 aliphatic rings. The smallest absolute Gasteiger partial charge is 0.177 e. The van der Waals surface area contributed by atoms with Crippen molar-refractivity contribution >= 4 is 33.0 Å². The summed E-state index contributed by atoms with van der Waals surface area (Å²) in [6, 6.07) is 17.1. The maximum atomic E-state index is 13.5. The van der Waals surface area contributed by atoms with Gasteiger partial charge in [0.25, 0.3) is 0 Å². The van der Waals surface area contributed by atoms with E-state index in [1.54, 1.807) is 0 Å². The van der Waals surface area contributed by atoms with E-state index in [0.29, 0.717) is 18.1 Å². The van der Waals surface area contributed by atoms with Crippen LogP contribution < -0.4 is 4.74 Å². The Labute approximate surface area is 131 Å². The monoisotopic (exact) mass is 320 g/mol. The lowest BCUT2D eigenvalue weighted by Gasteiger charge is -2.19. The van der Waals surface area contributed by atoms with Gasteiger partial charge in [-0.05, 0) is 23.1 Å². The summed E-state index contributed by atoms with van der Waals surface area (Å²) in [5, 5.41) is 0.669. The molecule has 0 spiro atoms. The van der Waals surface area contributed by atoms with Crippen LogP contribution in [0.3, 0.4) is 0 Å². The molecule has 0 saturated heterocycles. The molecule has 108 valence electrons. The number of rotatable bonds is 5. The molecular weight excluding hydrogens is 307 g/mol. The van der Waals surface area contributed by atoms with Gasteiger partial charge in [0.05, 0.1) is 4.70 Å². The van der Waals surface area contributed by atoms with Crippen LogP contribution in [0, 0.1) is 5.13 Å². The highest BCUT2D eigenvalue weighted by molar-refractivity contribution is 7.17. The van der Waals surface area contributed by atoms with Crippen LogP contribution in [0.5, 0.6) is 5.75 Å². The van der Waals surface area contributed by atoms with Crippen molar-refractivity contribution in [2.45, 2.75) is 12.5 Å². The van der Waals surface area contributed by atoms with Crippen molar-refractivity contribution < 1.29 is 9.13 Å². The largest absolute Gasteiger partial charge is 0.484 e. The summed E-state index contributed by atoms with van der Waals surface area (Å²) in [5.41, 5.74) is 1.08. The predicted molar refractivity (Wildman–Crippen MR) is 86.9 cm³/mol. The maximum Gasteiger partial charge on any atom is 0.177 e. The van der Waals surface area contributed by atoms with Crippen molar-refractivity contribution in [1.82, 2.24) is 0 Å². The minimum atomic E-state index is -0.199. The number of hydrogen-bond acceptors (Lipinski definition) is 2. The topological polar surface area (TPSA) is 9.23 Å². The van der Waals surface area contributed by atoms with E-state index in [0.717, 1.165) is 27.0 Å². The van der Waals surface area contributed by atoms with E-state index < -0.39 is 0 Å². The fraction of sp³-hybridized carbons (Fsp3) is 0.176. The number of hydrogen-bond donors (Lipinski definition) is 0. The Morgan fingerprint density at radius 1 is 1.10 bits per heavy atom. The Morgan fingerprint density at radius 3 is 2.67 bits per heavy atom. The molecule has 1 aromatic heterocycles. The van der Waals surface area contributed by atoms with Gasteiger partial charge in [-0.15, -0.1) is 22.9 Å². The maximum absolute atomic E-state index is 13.5. The second-order valence-electron chi connectivity index (χ2n) is 4.72. The molecule has 0 N–H and O–H groups in total. The highest BCUT2D eigenvalue weighted by Gasteiger charge is 2.15. The van der Waals surface area contributed by atoms with Crippen LogP contribution in [0.25, 0.3) is 10.1 Å². The summed E-state index contributed by atoms with van der Waals surface area (Å²) in [4.78, 5) is 0. The van der Waals surface area contributed by atoms with Gasteiger partial charge in [0.15, 0.2) is 5.13 Å². The molecule has 2 aromatic carbocycles. The molecule has 0 bridgehead atoms. The van der Waals surface area contributed by atoms with Crippen molar-refractivity contribution in [2.24, 2.45) is 0 Å². The molecule has 0 radical (unpaired) electrons. The third-order valence-corrected chi connectivity index (χ3v) is 4.46. The predicted octanol–water partition coefficient (Wildman–Crippen LogP) is 5.79. The second kappa shape index (κ2) is 6.46. The molecule has 3 aromatic rings. The third kappa shape index (κ3) is 3.20. The van der Waals surface area contributed by atoms with Gasteiger partial charge >= 0.3 is 0 Å². The van der Waals surface area contributed by atoms with E-state index in [4.69, 9.17) is 16.3 Å². The van der Waals surface area contributed by atoms with E-state index in [1.165, 1.54) is 6.07 Å². The molecular formula is C17H14ClFOS. The lowest BCUT2D eigenvalue weighted by molar-refractivity contribution is 0.205. The summed E-state index contributed by atoms with van der Waals surface area (Å²) < 4.78 is 20.4. The number of alkyl halides is 1. The summed E-state index contributed by atoms with van der Waals surface area (Å²) in [5.74, 6) is 1.22. The minimum Gasteiger partial charge on any atom is -0.484 e. The molecule has 0 fully saturated rings. The fourth-order valence-electron chi connectivity index (χ4n) is 2.31. The molecule has 0 unspecified atom stereocenters. The van der Waals surface area contributed by atoms with Crippen molar-refractivity contribution in [3.8, 4) is 5.75 Å². The van der Waals surface area contributed by atoms with Gasteiger partial charge in [-0.25, -0.2) is 0 Å². The number of thiophene rings is 1.